The highest BCUT2D eigenvalue weighted by molar-refractivity contribution is 7.15. The van der Waals surface area contributed by atoms with E-state index in [0.717, 1.165) is 41.2 Å². The van der Waals surface area contributed by atoms with Gasteiger partial charge in [-0.25, -0.2) is 13.9 Å². The number of halogens is 1. The molecule has 0 spiro atoms. The molecule has 3 aromatic heterocycles. The van der Waals surface area contributed by atoms with Gasteiger partial charge in [0.15, 0.2) is 0 Å². The summed E-state index contributed by atoms with van der Waals surface area (Å²) in [6.45, 7) is 2.58. The van der Waals surface area contributed by atoms with Crippen LogP contribution < -0.4 is 16.7 Å². The average Bonchev–Trinajstić information content (AvgIpc) is 3.49. The lowest BCUT2D eigenvalue weighted by Gasteiger charge is -2.22. The first-order valence-electron chi connectivity index (χ1n) is 9.62. The maximum Gasteiger partial charge on any atom is 0.346 e. The summed E-state index contributed by atoms with van der Waals surface area (Å²) in [5.74, 6) is 0. The van der Waals surface area contributed by atoms with Crippen LogP contribution in [0.1, 0.15) is 23.8 Å². The highest BCUT2D eigenvalue weighted by atomic mass is 32.1. The van der Waals surface area contributed by atoms with Gasteiger partial charge in [0.2, 0.25) is 0 Å². The molecule has 3 aromatic rings. The molecule has 29 heavy (non-hydrogen) atoms. The summed E-state index contributed by atoms with van der Waals surface area (Å²) >= 11 is 1.63. The van der Waals surface area contributed by atoms with Crippen LogP contribution in [-0.2, 0) is 13.1 Å². The predicted molar refractivity (Wildman–Crippen MR) is 111 cm³/mol. The SMILES string of the molecule is NC/C(=C\F)Cn1ncn(Cc2ccc(-c3cnn(C4CCNCC4)c3)s2)c1=O. The third-order valence-electron chi connectivity index (χ3n) is 5.12. The number of hydrogen-bond donors (Lipinski definition) is 2. The molecule has 1 aliphatic heterocycles. The van der Waals surface area contributed by atoms with Gasteiger partial charge in [-0.05, 0) is 43.6 Å². The Morgan fingerprint density at radius 2 is 2.17 bits per heavy atom. The van der Waals surface area contributed by atoms with Crippen LogP contribution in [0.5, 0.6) is 0 Å². The fourth-order valence-electron chi connectivity index (χ4n) is 3.45. The van der Waals surface area contributed by atoms with E-state index in [1.165, 1.54) is 15.6 Å². The molecular weight excluding hydrogens is 393 g/mol. The van der Waals surface area contributed by atoms with E-state index in [0.29, 0.717) is 24.5 Å². The van der Waals surface area contributed by atoms with E-state index < -0.39 is 0 Å². The smallest absolute Gasteiger partial charge is 0.327 e. The van der Waals surface area contributed by atoms with E-state index in [4.69, 9.17) is 5.73 Å². The molecular formula is C19H24FN7OS. The van der Waals surface area contributed by atoms with Gasteiger partial charge in [0.1, 0.15) is 6.33 Å². The molecule has 0 bridgehead atoms. The fourth-order valence-corrected chi connectivity index (χ4v) is 4.43. The molecule has 0 aromatic carbocycles. The minimum Gasteiger partial charge on any atom is -0.327 e. The molecule has 0 aliphatic carbocycles. The second kappa shape index (κ2) is 8.85. The largest absolute Gasteiger partial charge is 0.346 e. The van der Waals surface area contributed by atoms with E-state index >= 15 is 0 Å². The van der Waals surface area contributed by atoms with Crippen LogP contribution in [0, 0.1) is 0 Å². The molecule has 8 nitrogen and oxygen atoms in total. The van der Waals surface area contributed by atoms with Crippen molar-refractivity contribution in [1.29, 1.82) is 0 Å². The van der Waals surface area contributed by atoms with Crippen molar-refractivity contribution in [1.82, 2.24) is 29.4 Å². The maximum absolute atomic E-state index is 12.7. The van der Waals surface area contributed by atoms with Crippen LogP contribution in [0.3, 0.4) is 0 Å². The van der Waals surface area contributed by atoms with Crippen molar-refractivity contribution in [2.75, 3.05) is 19.6 Å². The topological polar surface area (TPSA) is 95.7 Å². The van der Waals surface area contributed by atoms with Crippen LogP contribution in [0.2, 0.25) is 0 Å². The maximum atomic E-state index is 12.7. The van der Waals surface area contributed by atoms with E-state index in [-0.39, 0.29) is 18.8 Å². The highest BCUT2D eigenvalue weighted by Gasteiger charge is 2.16. The minimum atomic E-state index is -0.286. The number of nitrogens with one attached hydrogen (secondary N) is 1. The molecule has 0 radical (unpaired) electrons. The van der Waals surface area contributed by atoms with Crippen molar-refractivity contribution in [3.8, 4) is 10.4 Å². The first-order chi connectivity index (χ1) is 14.2. The van der Waals surface area contributed by atoms with Gasteiger partial charge in [0.25, 0.3) is 0 Å². The van der Waals surface area contributed by atoms with Crippen LogP contribution >= 0.6 is 11.3 Å². The van der Waals surface area contributed by atoms with E-state index in [2.05, 4.69) is 32.5 Å². The van der Waals surface area contributed by atoms with Gasteiger partial charge in [-0.3, -0.25) is 9.25 Å². The zero-order valence-electron chi connectivity index (χ0n) is 16.0. The number of aromatic nitrogens is 5. The van der Waals surface area contributed by atoms with Crippen LogP contribution in [0.4, 0.5) is 4.39 Å². The van der Waals surface area contributed by atoms with Gasteiger partial charge in [0, 0.05) is 28.1 Å². The van der Waals surface area contributed by atoms with Gasteiger partial charge in [0.05, 0.1) is 31.7 Å². The molecule has 1 saturated heterocycles. The number of rotatable bonds is 7. The predicted octanol–water partition coefficient (Wildman–Crippen LogP) is 1.75. The monoisotopic (exact) mass is 417 g/mol. The lowest BCUT2D eigenvalue weighted by Crippen LogP contribution is -2.29. The van der Waals surface area contributed by atoms with Crippen molar-refractivity contribution in [3.63, 3.8) is 0 Å². The molecule has 10 heteroatoms. The van der Waals surface area contributed by atoms with Crippen molar-refractivity contribution >= 4 is 11.3 Å². The number of hydrogen-bond acceptors (Lipinski definition) is 6. The Morgan fingerprint density at radius 3 is 2.93 bits per heavy atom. The van der Waals surface area contributed by atoms with E-state index in [1.807, 2.05) is 12.3 Å². The number of thiophene rings is 1. The Labute approximate surface area is 171 Å². The third kappa shape index (κ3) is 4.39. The molecule has 4 rings (SSSR count). The Hall–Kier alpha value is -2.56. The van der Waals surface area contributed by atoms with Gasteiger partial charge in [-0.2, -0.15) is 10.2 Å². The average molecular weight is 418 g/mol. The van der Waals surface area contributed by atoms with Gasteiger partial charge in [-0.1, -0.05) is 0 Å². The van der Waals surface area contributed by atoms with Gasteiger partial charge in [-0.15, -0.1) is 11.3 Å². The summed E-state index contributed by atoms with van der Waals surface area (Å²) in [5, 5.41) is 12.0. The standard InChI is InChI=1S/C19H24FN7OS/c20-7-14(8-21)10-27-19(28)25(13-24-27)12-17-1-2-18(29-17)15-9-23-26(11-15)16-3-5-22-6-4-16/h1-2,7,9,11,13,16,22H,3-6,8,10,12,21H2/b14-7+. The Morgan fingerprint density at radius 1 is 1.34 bits per heavy atom. The Bertz CT molecular complexity index is 1040. The number of piperidine rings is 1. The summed E-state index contributed by atoms with van der Waals surface area (Å²) in [6.07, 6.45) is 8.09. The molecule has 0 amide bonds. The van der Waals surface area contributed by atoms with E-state index in [9.17, 15) is 9.18 Å². The number of nitrogens with two attached hydrogens (primary N) is 1. The second-order valence-electron chi connectivity index (χ2n) is 7.13. The molecule has 1 aliphatic rings. The van der Waals surface area contributed by atoms with Crippen LogP contribution in [0.25, 0.3) is 10.4 Å². The second-order valence-corrected chi connectivity index (χ2v) is 8.30. The van der Waals surface area contributed by atoms with Crippen molar-refractivity contribution < 1.29 is 4.39 Å². The first-order valence-corrected chi connectivity index (χ1v) is 10.4. The Kier molecular flexibility index (Phi) is 6.02. The minimum absolute atomic E-state index is 0.0507. The molecule has 1 fully saturated rings. The van der Waals surface area contributed by atoms with E-state index in [1.54, 1.807) is 11.3 Å². The summed E-state index contributed by atoms with van der Waals surface area (Å²) in [6, 6.07) is 4.52. The molecule has 0 unspecified atom stereocenters. The molecule has 3 N–H and O–H groups in total. The van der Waals surface area contributed by atoms with Crippen molar-refractivity contribution in [2.24, 2.45) is 5.73 Å². The molecule has 0 saturated carbocycles. The Balaban J connectivity index is 1.46. The third-order valence-corrected chi connectivity index (χ3v) is 6.24. The number of nitrogens with zero attached hydrogens (tertiary/aromatic N) is 5. The lowest BCUT2D eigenvalue weighted by atomic mass is 10.1. The highest BCUT2D eigenvalue weighted by Crippen LogP contribution is 2.29. The van der Waals surface area contributed by atoms with Crippen LogP contribution in [-0.4, -0.2) is 43.8 Å². The molecule has 4 heterocycles. The quantitative estimate of drug-likeness (QED) is 0.611. The molecule has 0 atom stereocenters. The summed E-state index contributed by atoms with van der Waals surface area (Å²) in [5.41, 5.74) is 6.57. The summed E-state index contributed by atoms with van der Waals surface area (Å²) < 4.78 is 17.5. The summed E-state index contributed by atoms with van der Waals surface area (Å²) in [4.78, 5) is 14.6. The zero-order chi connectivity index (χ0) is 20.2. The van der Waals surface area contributed by atoms with Crippen molar-refractivity contribution in [3.05, 3.63) is 58.1 Å². The van der Waals surface area contributed by atoms with Crippen molar-refractivity contribution in [2.45, 2.75) is 32.0 Å². The normalized spacial score (nSPS) is 15.9. The molecule has 154 valence electrons. The summed E-state index contributed by atoms with van der Waals surface area (Å²) in [7, 11) is 0. The van der Waals surface area contributed by atoms with Gasteiger partial charge >= 0.3 is 5.69 Å². The fraction of sp³-hybridized carbons (Fsp3) is 0.421. The zero-order valence-corrected chi connectivity index (χ0v) is 16.8. The lowest BCUT2D eigenvalue weighted by molar-refractivity contribution is 0.343. The first kappa shape index (κ1) is 19.7. The van der Waals surface area contributed by atoms with Crippen LogP contribution in [0.15, 0.2) is 47.6 Å². The van der Waals surface area contributed by atoms with Gasteiger partial charge < -0.3 is 11.1 Å².